The normalized spacial score (nSPS) is 12.9. The van der Waals surface area contributed by atoms with Crippen LogP contribution in [-0.2, 0) is 6.42 Å². The van der Waals surface area contributed by atoms with E-state index in [1.165, 1.54) is 0 Å². The molecule has 0 aromatic carbocycles. The van der Waals surface area contributed by atoms with E-state index in [4.69, 9.17) is 4.42 Å². The Labute approximate surface area is 107 Å². The summed E-state index contributed by atoms with van der Waals surface area (Å²) in [5.41, 5.74) is 2.96. The van der Waals surface area contributed by atoms with E-state index in [1.54, 1.807) is 11.3 Å². The summed E-state index contributed by atoms with van der Waals surface area (Å²) in [6, 6.07) is 4.20. The third-order valence-electron chi connectivity index (χ3n) is 2.35. The van der Waals surface area contributed by atoms with E-state index in [-0.39, 0.29) is 0 Å². The lowest BCUT2D eigenvalue weighted by Crippen LogP contribution is -2.21. The predicted molar refractivity (Wildman–Crippen MR) is 68.6 cm³/mol. The third-order valence-corrected chi connectivity index (χ3v) is 3.38. The second-order valence-electron chi connectivity index (χ2n) is 3.54. The number of nitrogens with one attached hydrogen (secondary N) is 1. The number of hydrogen-bond donors (Lipinski definition) is 1. The number of furan rings is 1. The van der Waals surface area contributed by atoms with Crippen molar-refractivity contribution < 1.29 is 4.42 Å². The highest BCUT2D eigenvalue weighted by atomic mass is 79.9. The molecule has 1 atom stereocenters. The Bertz CT molecular complexity index is 427. The van der Waals surface area contributed by atoms with Crippen LogP contribution in [0.5, 0.6) is 0 Å². The predicted octanol–water partition coefficient (Wildman–Crippen LogP) is 3.39. The van der Waals surface area contributed by atoms with E-state index >= 15 is 0 Å². The van der Waals surface area contributed by atoms with E-state index in [1.807, 2.05) is 17.6 Å². The number of thiazole rings is 1. The van der Waals surface area contributed by atoms with Crippen LogP contribution in [0.4, 0.5) is 0 Å². The lowest BCUT2D eigenvalue weighted by Gasteiger charge is -2.10. The summed E-state index contributed by atoms with van der Waals surface area (Å²) in [4.78, 5) is 4.27. The maximum Gasteiger partial charge on any atom is 0.169 e. The lowest BCUT2D eigenvalue weighted by molar-refractivity contribution is 0.469. The molecule has 1 unspecified atom stereocenters. The molecule has 0 aliphatic carbocycles. The quantitative estimate of drug-likeness (QED) is 0.920. The fraction of sp³-hybridized carbons (Fsp3) is 0.364. The van der Waals surface area contributed by atoms with E-state index in [9.17, 15) is 0 Å². The van der Waals surface area contributed by atoms with Crippen molar-refractivity contribution in [3.63, 3.8) is 0 Å². The van der Waals surface area contributed by atoms with Gasteiger partial charge in [0, 0.05) is 24.4 Å². The maximum absolute atomic E-state index is 5.42. The smallest absolute Gasteiger partial charge is 0.169 e. The van der Waals surface area contributed by atoms with Gasteiger partial charge in [0.2, 0.25) is 0 Å². The second kappa shape index (κ2) is 5.61. The molecule has 0 radical (unpaired) electrons. The minimum atomic E-state index is 0.296. The first kappa shape index (κ1) is 11.8. The molecule has 0 aliphatic rings. The molecule has 0 bridgehead atoms. The average Bonchev–Trinajstić information content (AvgIpc) is 2.89. The summed E-state index contributed by atoms with van der Waals surface area (Å²) in [6.45, 7) is 3.01. The Kier molecular flexibility index (Phi) is 4.15. The van der Waals surface area contributed by atoms with Gasteiger partial charge in [-0.1, -0.05) is 0 Å². The molecule has 0 saturated carbocycles. The van der Waals surface area contributed by atoms with Crippen LogP contribution in [0.25, 0.3) is 0 Å². The first-order valence-corrected chi connectivity index (χ1v) is 6.85. The molecule has 3 nitrogen and oxygen atoms in total. The van der Waals surface area contributed by atoms with Gasteiger partial charge in [-0.3, -0.25) is 0 Å². The molecule has 0 fully saturated rings. The van der Waals surface area contributed by atoms with Crippen LogP contribution in [0.15, 0.2) is 32.1 Å². The lowest BCUT2D eigenvalue weighted by atomic mass is 10.2. The van der Waals surface area contributed by atoms with E-state index in [2.05, 4.69) is 38.5 Å². The van der Waals surface area contributed by atoms with Crippen LogP contribution in [0.2, 0.25) is 0 Å². The van der Waals surface area contributed by atoms with Crippen molar-refractivity contribution in [2.24, 2.45) is 0 Å². The number of nitrogens with zero attached hydrogens (tertiary/aromatic N) is 1. The van der Waals surface area contributed by atoms with Crippen molar-refractivity contribution in [2.45, 2.75) is 19.4 Å². The van der Waals surface area contributed by atoms with Gasteiger partial charge in [0.1, 0.15) is 5.76 Å². The minimum absolute atomic E-state index is 0.296. The third kappa shape index (κ3) is 3.17. The first-order valence-electron chi connectivity index (χ1n) is 5.11. The van der Waals surface area contributed by atoms with Crippen molar-refractivity contribution >= 4 is 27.3 Å². The molecule has 2 aromatic rings. The maximum atomic E-state index is 5.42. The Hall–Kier alpha value is -0.650. The molecule has 16 heavy (non-hydrogen) atoms. The zero-order valence-electron chi connectivity index (χ0n) is 8.94. The average molecular weight is 301 g/mol. The van der Waals surface area contributed by atoms with Gasteiger partial charge in [-0.05, 0) is 35.0 Å². The molecule has 0 amide bonds. The monoisotopic (exact) mass is 300 g/mol. The fourth-order valence-electron chi connectivity index (χ4n) is 1.44. The molecule has 2 heterocycles. The summed E-state index contributed by atoms with van der Waals surface area (Å²) >= 11 is 4.91. The van der Waals surface area contributed by atoms with Crippen LogP contribution in [0.1, 0.15) is 24.4 Å². The highest BCUT2D eigenvalue weighted by molar-refractivity contribution is 9.10. The molecular formula is C11H13BrN2OS. The highest BCUT2D eigenvalue weighted by Gasteiger charge is 2.06. The summed E-state index contributed by atoms with van der Waals surface area (Å²) in [6.07, 6.45) is 0.889. The van der Waals surface area contributed by atoms with Gasteiger partial charge in [0.25, 0.3) is 0 Å². The summed E-state index contributed by atoms with van der Waals surface area (Å²) in [5, 5.41) is 5.48. The largest absolute Gasteiger partial charge is 0.454 e. The van der Waals surface area contributed by atoms with Crippen molar-refractivity contribution in [1.29, 1.82) is 0 Å². The molecule has 86 valence electrons. The van der Waals surface area contributed by atoms with E-state index in [0.29, 0.717) is 6.04 Å². The van der Waals surface area contributed by atoms with E-state index in [0.717, 1.165) is 29.1 Å². The molecule has 0 saturated heterocycles. The zero-order valence-corrected chi connectivity index (χ0v) is 11.3. The summed E-state index contributed by atoms with van der Waals surface area (Å²) < 4.78 is 6.21. The second-order valence-corrected chi connectivity index (χ2v) is 5.05. The number of aromatic nitrogens is 1. The first-order chi connectivity index (χ1) is 7.75. The topological polar surface area (TPSA) is 38.1 Å². The van der Waals surface area contributed by atoms with Crippen LogP contribution >= 0.6 is 27.3 Å². The van der Waals surface area contributed by atoms with Crippen molar-refractivity contribution in [2.75, 3.05) is 6.54 Å². The Morgan fingerprint density at radius 2 is 2.44 bits per heavy atom. The van der Waals surface area contributed by atoms with Gasteiger partial charge in [-0.25, -0.2) is 4.98 Å². The number of halogens is 1. The fourth-order valence-corrected chi connectivity index (χ4v) is 2.43. The molecular weight excluding hydrogens is 288 g/mol. The van der Waals surface area contributed by atoms with Crippen molar-refractivity contribution in [1.82, 2.24) is 10.3 Å². The number of rotatable bonds is 5. The van der Waals surface area contributed by atoms with Crippen molar-refractivity contribution in [3.05, 3.63) is 39.1 Å². The molecule has 5 heteroatoms. The van der Waals surface area contributed by atoms with Gasteiger partial charge in [0.15, 0.2) is 4.67 Å². The Morgan fingerprint density at radius 1 is 1.56 bits per heavy atom. The molecule has 2 rings (SSSR count). The zero-order chi connectivity index (χ0) is 11.4. The highest BCUT2D eigenvalue weighted by Crippen LogP contribution is 2.15. The van der Waals surface area contributed by atoms with Gasteiger partial charge < -0.3 is 9.73 Å². The summed E-state index contributed by atoms with van der Waals surface area (Å²) in [7, 11) is 0. The molecule has 1 N–H and O–H groups in total. The van der Waals surface area contributed by atoms with Crippen LogP contribution in [-0.4, -0.2) is 11.5 Å². The Morgan fingerprint density at radius 3 is 3.06 bits per heavy atom. The van der Waals surface area contributed by atoms with Gasteiger partial charge in [0.05, 0.1) is 11.2 Å². The molecule has 2 aromatic heterocycles. The minimum Gasteiger partial charge on any atom is -0.454 e. The summed E-state index contributed by atoms with van der Waals surface area (Å²) in [5.74, 6) is 0.991. The van der Waals surface area contributed by atoms with E-state index < -0.39 is 0 Å². The SMILES string of the molecule is CC(NCCc1ccc(Br)o1)c1cscn1. The standard InChI is InChI=1S/C11H13BrN2OS/c1-8(10-6-16-7-14-10)13-5-4-9-2-3-11(12)15-9/h2-3,6-8,13H,4-5H2,1H3. The molecule has 0 aliphatic heterocycles. The number of hydrogen-bond acceptors (Lipinski definition) is 4. The van der Waals surface area contributed by atoms with Crippen LogP contribution < -0.4 is 5.32 Å². The van der Waals surface area contributed by atoms with Crippen molar-refractivity contribution in [3.8, 4) is 0 Å². The van der Waals surface area contributed by atoms with Gasteiger partial charge >= 0.3 is 0 Å². The van der Waals surface area contributed by atoms with Crippen LogP contribution in [0.3, 0.4) is 0 Å². The molecule has 0 spiro atoms. The van der Waals surface area contributed by atoms with Crippen LogP contribution in [0, 0.1) is 0 Å². The van der Waals surface area contributed by atoms with Gasteiger partial charge in [-0.2, -0.15) is 0 Å². The Balaban J connectivity index is 1.76. The van der Waals surface area contributed by atoms with Gasteiger partial charge in [-0.15, -0.1) is 11.3 Å².